The lowest BCUT2D eigenvalue weighted by atomic mass is 9.98. The lowest BCUT2D eigenvalue weighted by Gasteiger charge is -2.15. The van der Waals surface area contributed by atoms with Gasteiger partial charge in [-0.25, -0.2) is 0 Å². The summed E-state index contributed by atoms with van der Waals surface area (Å²) in [5.41, 5.74) is 7.42. The van der Waals surface area contributed by atoms with Crippen LogP contribution in [-0.2, 0) is 4.79 Å². The molecule has 2 aromatic rings. The van der Waals surface area contributed by atoms with Crippen molar-refractivity contribution >= 4 is 11.6 Å². The van der Waals surface area contributed by atoms with Gasteiger partial charge in [0.2, 0.25) is 5.91 Å². The normalized spacial score (nSPS) is 11.7. The first kappa shape index (κ1) is 16.0. The van der Waals surface area contributed by atoms with Crippen LogP contribution in [0.3, 0.4) is 0 Å². The van der Waals surface area contributed by atoms with Crippen LogP contribution in [0.25, 0.3) is 0 Å². The molecule has 22 heavy (non-hydrogen) atoms. The third-order valence-electron chi connectivity index (χ3n) is 3.35. The molecule has 116 valence electrons. The molecule has 4 nitrogen and oxygen atoms in total. The Hall–Kier alpha value is -2.33. The molecule has 1 unspecified atom stereocenters. The van der Waals surface area contributed by atoms with Crippen molar-refractivity contribution in [2.75, 3.05) is 18.5 Å². The summed E-state index contributed by atoms with van der Waals surface area (Å²) in [6.07, 6.45) is 0.966. The summed E-state index contributed by atoms with van der Waals surface area (Å²) in [4.78, 5) is 12.4. The first-order chi connectivity index (χ1) is 10.7. The fourth-order valence-corrected chi connectivity index (χ4v) is 2.16. The molecule has 0 heterocycles. The van der Waals surface area contributed by atoms with Gasteiger partial charge in [-0.05, 0) is 36.2 Å². The minimum absolute atomic E-state index is 0.101. The zero-order valence-electron chi connectivity index (χ0n) is 12.8. The Kier molecular flexibility index (Phi) is 5.98. The number of nitrogens with two attached hydrogens (primary N) is 1. The van der Waals surface area contributed by atoms with E-state index in [0.717, 1.165) is 23.4 Å². The first-order valence-corrected chi connectivity index (χ1v) is 7.53. The van der Waals surface area contributed by atoms with Crippen molar-refractivity contribution in [2.24, 2.45) is 5.73 Å². The number of anilines is 1. The molecule has 2 aromatic carbocycles. The zero-order chi connectivity index (χ0) is 15.8. The fraction of sp³-hybridized carbons (Fsp3) is 0.278. The number of benzene rings is 2. The van der Waals surface area contributed by atoms with Gasteiger partial charge < -0.3 is 15.8 Å². The van der Waals surface area contributed by atoms with Crippen LogP contribution < -0.4 is 15.8 Å². The fourth-order valence-electron chi connectivity index (χ4n) is 2.16. The number of carbonyl (C=O) groups is 1. The van der Waals surface area contributed by atoms with Crippen molar-refractivity contribution in [1.82, 2.24) is 0 Å². The molecule has 0 saturated heterocycles. The van der Waals surface area contributed by atoms with Gasteiger partial charge in [0.15, 0.2) is 0 Å². The van der Waals surface area contributed by atoms with Gasteiger partial charge in [0.05, 0.1) is 12.5 Å². The van der Waals surface area contributed by atoms with Crippen LogP contribution in [0.2, 0.25) is 0 Å². The van der Waals surface area contributed by atoms with Gasteiger partial charge in [-0.15, -0.1) is 0 Å². The Bertz CT molecular complexity index is 582. The number of amides is 1. The number of ether oxygens (including phenoxy) is 1. The van der Waals surface area contributed by atoms with E-state index >= 15 is 0 Å². The summed E-state index contributed by atoms with van der Waals surface area (Å²) >= 11 is 0. The van der Waals surface area contributed by atoms with Gasteiger partial charge in [0.1, 0.15) is 5.75 Å². The highest BCUT2D eigenvalue weighted by Crippen LogP contribution is 2.19. The van der Waals surface area contributed by atoms with Crippen LogP contribution in [0.1, 0.15) is 24.8 Å². The predicted octanol–water partition coefficient (Wildman–Crippen LogP) is 3.16. The molecule has 0 spiro atoms. The Morgan fingerprint density at radius 2 is 1.82 bits per heavy atom. The second-order valence-corrected chi connectivity index (χ2v) is 5.06. The van der Waals surface area contributed by atoms with Gasteiger partial charge in [0, 0.05) is 12.2 Å². The standard InChI is InChI=1S/C18H22N2O2/c1-2-12-22-16-10-8-15(9-11-16)20-18(21)17(13-19)14-6-4-3-5-7-14/h3-11,17H,2,12-13,19H2,1H3,(H,20,21). The molecule has 0 saturated carbocycles. The first-order valence-electron chi connectivity index (χ1n) is 7.53. The van der Waals surface area contributed by atoms with E-state index in [1.807, 2.05) is 54.6 Å². The van der Waals surface area contributed by atoms with Crippen LogP contribution in [0, 0.1) is 0 Å². The molecule has 4 heteroatoms. The smallest absolute Gasteiger partial charge is 0.233 e. The largest absolute Gasteiger partial charge is 0.494 e. The third-order valence-corrected chi connectivity index (χ3v) is 3.35. The van der Waals surface area contributed by atoms with Gasteiger partial charge in [0.25, 0.3) is 0 Å². The van der Waals surface area contributed by atoms with E-state index in [1.165, 1.54) is 0 Å². The number of hydrogen-bond acceptors (Lipinski definition) is 3. The molecule has 2 rings (SSSR count). The zero-order valence-corrected chi connectivity index (χ0v) is 12.8. The van der Waals surface area contributed by atoms with Crippen LogP contribution in [0.4, 0.5) is 5.69 Å². The summed E-state index contributed by atoms with van der Waals surface area (Å²) in [6.45, 7) is 3.02. The van der Waals surface area contributed by atoms with Crippen LogP contribution >= 0.6 is 0 Å². The summed E-state index contributed by atoms with van der Waals surface area (Å²) in [6, 6.07) is 16.9. The number of carbonyl (C=O) groups excluding carboxylic acids is 1. The molecular weight excluding hydrogens is 276 g/mol. The molecular formula is C18H22N2O2. The second kappa shape index (κ2) is 8.20. The van der Waals surface area contributed by atoms with E-state index in [0.29, 0.717) is 6.61 Å². The summed E-state index contributed by atoms with van der Waals surface area (Å²) < 4.78 is 5.52. The lowest BCUT2D eigenvalue weighted by Crippen LogP contribution is -2.27. The molecule has 0 radical (unpaired) electrons. The monoisotopic (exact) mass is 298 g/mol. The molecule has 1 atom stereocenters. The van der Waals surface area contributed by atoms with Crippen LogP contribution in [0.15, 0.2) is 54.6 Å². The highest BCUT2D eigenvalue weighted by atomic mass is 16.5. The second-order valence-electron chi connectivity index (χ2n) is 5.06. The van der Waals surface area contributed by atoms with E-state index in [9.17, 15) is 4.79 Å². The highest BCUT2D eigenvalue weighted by Gasteiger charge is 2.18. The Morgan fingerprint density at radius 3 is 2.41 bits per heavy atom. The molecule has 0 aliphatic carbocycles. The Balaban J connectivity index is 2.01. The van der Waals surface area contributed by atoms with Crippen molar-refractivity contribution in [1.29, 1.82) is 0 Å². The maximum Gasteiger partial charge on any atom is 0.233 e. The minimum Gasteiger partial charge on any atom is -0.494 e. The molecule has 0 aromatic heterocycles. The maximum atomic E-state index is 12.4. The predicted molar refractivity (Wildman–Crippen MR) is 89.1 cm³/mol. The van der Waals surface area contributed by atoms with E-state index in [4.69, 9.17) is 10.5 Å². The molecule has 0 aliphatic rings. The summed E-state index contributed by atoms with van der Waals surface area (Å²) in [5, 5.41) is 2.90. The van der Waals surface area contributed by atoms with E-state index < -0.39 is 0 Å². The number of nitrogens with one attached hydrogen (secondary N) is 1. The van der Waals surface area contributed by atoms with Crippen molar-refractivity contribution in [3.05, 3.63) is 60.2 Å². The van der Waals surface area contributed by atoms with Crippen LogP contribution in [-0.4, -0.2) is 19.1 Å². The Morgan fingerprint density at radius 1 is 1.14 bits per heavy atom. The van der Waals surface area contributed by atoms with Crippen molar-refractivity contribution < 1.29 is 9.53 Å². The average Bonchev–Trinajstić information content (AvgIpc) is 2.56. The third kappa shape index (κ3) is 4.33. The van der Waals surface area contributed by atoms with Gasteiger partial charge in [-0.2, -0.15) is 0 Å². The van der Waals surface area contributed by atoms with Crippen molar-refractivity contribution in [2.45, 2.75) is 19.3 Å². The quantitative estimate of drug-likeness (QED) is 0.825. The molecule has 0 fully saturated rings. The number of rotatable bonds is 7. The van der Waals surface area contributed by atoms with E-state index in [-0.39, 0.29) is 18.4 Å². The van der Waals surface area contributed by atoms with Gasteiger partial charge in [-0.3, -0.25) is 4.79 Å². The summed E-state index contributed by atoms with van der Waals surface area (Å²) in [5.74, 6) is 0.353. The average molecular weight is 298 g/mol. The summed E-state index contributed by atoms with van der Waals surface area (Å²) in [7, 11) is 0. The highest BCUT2D eigenvalue weighted by molar-refractivity contribution is 5.96. The SMILES string of the molecule is CCCOc1ccc(NC(=O)C(CN)c2ccccc2)cc1. The Labute approximate surface area is 131 Å². The minimum atomic E-state index is -0.350. The van der Waals surface area contributed by atoms with E-state index in [1.54, 1.807) is 0 Å². The molecule has 0 bridgehead atoms. The molecule has 0 aliphatic heterocycles. The lowest BCUT2D eigenvalue weighted by molar-refractivity contribution is -0.117. The topological polar surface area (TPSA) is 64.3 Å². The van der Waals surface area contributed by atoms with Crippen molar-refractivity contribution in [3.8, 4) is 5.75 Å². The van der Waals surface area contributed by atoms with Crippen molar-refractivity contribution in [3.63, 3.8) is 0 Å². The molecule has 3 N–H and O–H groups in total. The maximum absolute atomic E-state index is 12.4. The number of hydrogen-bond donors (Lipinski definition) is 2. The molecule has 1 amide bonds. The van der Waals surface area contributed by atoms with Crippen LogP contribution in [0.5, 0.6) is 5.75 Å². The van der Waals surface area contributed by atoms with Gasteiger partial charge >= 0.3 is 0 Å². The van der Waals surface area contributed by atoms with Gasteiger partial charge in [-0.1, -0.05) is 37.3 Å². The van der Waals surface area contributed by atoms with E-state index in [2.05, 4.69) is 12.2 Å².